The number of thiazole rings is 1. The molecule has 0 saturated heterocycles. The molecule has 21 heavy (non-hydrogen) atoms. The van der Waals surface area contributed by atoms with Crippen LogP contribution in [0.1, 0.15) is 25.3 Å². The summed E-state index contributed by atoms with van der Waals surface area (Å²) in [6, 6.07) is 15.7. The normalized spacial score (nSPS) is 11.0. The van der Waals surface area contributed by atoms with E-state index in [2.05, 4.69) is 43.5 Å². The molecular formula is C18H17NOS. The third kappa shape index (κ3) is 2.98. The van der Waals surface area contributed by atoms with Gasteiger partial charge in [-0.15, -0.1) is 11.3 Å². The average molecular weight is 295 g/mol. The quantitative estimate of drug-likeness (QED) is 0.710. The standard InChI is InChI=1S/C18H17NOS/c1-12(2)13-3-5-14(6-4-13)17-11-21-18(19-17)15-7-9-16(20)10-8-15/h3-12,20H,1-2H3. The number of hydrogen-bond acceptors (Lipinski definition) is 3. The van der Waals surface area contributed by atoms with Crippen LogP contribution in [0.5, 0.6) is 5.75 Å². The largest absolute Gasteiger partial charge is 0.508 e. The lowest BCUT2D eigenvalue weighted by molar-refractivity contribution is 0.475. The Balaban J connectivity index is 1.89. The zero-order valence-electron chi connectivity index (χ0n) is 12.1. The van der Waals surface area contributed by atoms with E-state index >= 15 is 0 Å². The second kappa shape index (κ2) is 5.70. The number of nitrogens with zero attached hydrogens (tertiary/aromatic N) is 1. The first-order chi connectivity index (χ1) is 10.1. The molecule has 0 saturated carbocycles. The van der Waals surface area contributed by atoms with Crippen LogP contribution in [0.25, 0.3) is 21.8 Å². The highest BCUT2D eigenvalue weighted by Crippen LogP contribution is 2.30. The summed E-state index contributed by atoms with van der Waals surface area (Å²) in [5, 5.41) is 12.4. The van der Waals surface area contributed by atoms with Crippen molar-refractivity contribution in [2.45, 2.75) is 19.8 Å². The highest BCUT2D eigenvalue weighted by atomic mass is 32.1. The Morgan fingerprint density at radius 1 is 0.905 bits per heavy atom. The van der Waals surface area contributed by atoms with Crippen molar-refractivity contribution in [1.82, 2.24) is 4.98 Å². The van der Waals surface area contributed by atoms with Gasteiger partial charge in [0.2, 0.25) is 0 Å². The molecule has 1 aromatic heterocycles. The van der Waals surface area contributed by atoms with Gasteiger partial charge in [-0.25, -0.2) is 4.98 Å². The van der Waals surface area contributed by atoms with Gasteiger partial charge < -0.3 is 5.11 Å². The third-order valence-corrected chi connectivity index (χ3v) is 4.38. The maximum absolute atomic E-state index is 9.34. The van der Waals surface area contributed by atoms with Gasteiger partial charge >= 0.3 is 0 Å². The SMILES string of the molecule is CC(C)c1ccc(-c2csc(-c3ccc(O)cc3)n2)cc1. The predicted octanol–water partition coefficient (Wildman–Crippen LogP) is 5.31. The Labute approximate surface area is 128 Å². The van der Waals surface area contributed by atoms with E-state index in [1.807, 2.05) is 12.1 Å². The third-order valence-electron chi connectivity index (χ3n) is 3.49. The summed E-state index contributed by atoms with van der Waals surface area (Å²) in [5.41, 5.74) is 4.51. The van der Waals surface area contributed by atoms with Gasteiger partial charge in [0, 0.05) is 16.5 Å². The maximum Gasteiger partial charge on any atom is 0.124 e. The molecule has 0 bridgehead atoms. The summed E-state index contributed by atoms with van der Waals surface area (Å²) < 4.78 is 0. The van der Waals surface area contributed by atoms with E-state index < -0.39 is 0 Å². The molecule has 2 nitrogen and oxygen atoms in total. The first-order valence-corrected chi connectivity index (χ1v) is 7.87. The number of aromatic nitrogens is 1. The predicted molar refractivity (Wildman–Crippen MR) is 88.7 cm³/mol. The van der Waals surface area contributed by atoms with Gasteiger partial charge in [-0.2, -0.15) is 0 Å². The lowest BCUT2D eigenvalue weighted by atomic mass is 10.0. The van der Waals surface area contributed by atoms with Crippen molar-refractivity contribution >= 4 is 11.3 Å². The van der Waals surface area contributed by atoms with Crippen LogP contribution in [0.15, 0.2) is 53.9 Å². The fraction of sp³-hybridized carbons (Fsp3) is 0.167. The highest BCUT2D eigenvalue weighted by Gasteiger charge is 2.07. The average Bonchev–Trinajstić information content (AvgIpc) is 2.98. The van der Waals surface area contributed by atoms with Gasteiger partial charge in [-0.3, -0.25) is 0 Å². The van der Waals surface area contributed by atoms with E-state index in [0.29, 0.717) is 5.92 Å². The van der Waals surface area contributed by atoms with E-state index in [4.69, 9.17) is 4.98 Å². The van der Waals surface area contributed by atoms with Crippen LogP contribution in [0.4, 0.5) is 0 Å². The van der Waals surface area contributed by atoms with Crippen molar-refractivity contribution in [2.24, 2.45) is 0 Å². The topological polar surface area (TPSA) is 33.1 Å². The molecule has 0 aliphatic carbocycles. The van der Waals surface area contributed by atoms with Crippen LogP contribution in [0.2, 0.25) is 0 Å². The molecule has 106 valence electrons. The fourth-order valence-electron chi connectivity index (χ4n) is 2.18. The van der Waals surface area contributed by atoms with Crippen molar-refractivity contribution in [3.63, 3.8) is 0 Å². The Hall–Kier alpha value is -2.13. The summed E-state index contributed by atoms with van der Waals surface area (Å²) in [4.78, 5) is 4.69. The van der Waals surface area contributed by atoms with Crippen LogP contribution in [0.3, 0.4) is 0 Å². The monoisotopic (exact) mass is 295 g/mol. The second-order valence-corrected chi connectivity index (χ2v) is 6.22. The minimum Gasteiger partial charge on any atom is -0.508 e. The van der Waals surface area contributed by atoms with Crippen LogP contribution in [0, 0.1) is 0 Å². The Morgan fingerprint density at radius 3 is 2.14 bits per heavy atom. The summed E-state index contributed by atoms with van der Waals surface area (Å²) in [6.45, 7) is 4.39. The van der Waals surface area contributed by atoms with Crippen LogP contribution < -0.4 is 0 Å². The van der Waals surface area contributed by atoms with Gasteiger partial charge in [0.05, 0.1) is 5.69 Å². The molecule has 0 atom stereocenters. The van der Waals surface area contributed by atoms with Crippen molar-refractivity contribution in [3.05, 3.63) is 59.5 Å². The van der Waals surface area contributed by atoms with Gasteiger partial charge in [-0.05, 0) is 35.7 Å². The Morgan fingerprint density at radius 2 is 1.52 bits per heavy atom. The smallest absolute Gasteiger partial charge is 0.124 e. The number of phenols is 1. The van der Waals surface area contributed by atoms with Crippen molar-refractivity contribution in [1.29, 1.82) is 0 Å². The van der Waals surface area contributed by atoms with Gasteiger partial charge in [0.15, 0.2) is 0 Å². The summed E-state index contributed by atoms with van der Waals surface area (Å²) in [7, 11) is 0. The van der Waals surface area contributed by atoms with E-state index in [1.165, 1.54) is 5.56 Å². The number of phenolic OH excluding ortho intramolecular Hbond substituents is 1. The molecule has 3 rings (SSSR count). The van der Waals surface area contributed by atoms with E-state index in [1.54, 1.807) is 23.5 Å². The molecule has 0 amide bonds. The minimum atomic E-state index is 0.278. The number of aromatic hydroxyl groups is 1. The molecule has 0 aliphatic rings. The van der Waals surface area contributed by atoms with Crippen LogP contribution in [-0.2, 0) is 0 Å². The lowest BCUT2D eigenvalue weighted by Crippen LogP contribution is -1.86. The summed E-state index contributed by atoms with van der Waals surface area (Å²) in [6.07, 6.45) is 0. The van der Waals surface area contributed by atoms with Gasteiger partial charge in [0.1, 0.15) is 10.8 Å². The fourth-order valence-corrected chi connectivity index (χ4v) is 3.02. The Bertz CT molecular complexity index is 727. The van der Waals surface area contributed by atoms with E-state index in [9.17, 15) is 5.11 Å². The number of hydrogen-bond donors (Lipinski definition) is 1. The molecule has 1 heterocycles. The van der Waals surface area contributed by atoms with Crippen molar-refractivity contribution in [3.8, 4) is 27.6 Å². The molecule has 0 aliphatic heterocycles. The van der Waals surface area contributed by atoms with Crippen LogP contribution >= 0.6 is 11.3 Å². The molecule has 1 N–H and O–H groups in total. The van der Waals surface area contributed by atoms with Gasteiger partial charge in [0.25, 0.3) is 0 Å². The highest BCUT2D eigenvalue weighted by molar-refractivity contribution is 7.13. The molecule has 2 aromatic carbocycles. The van der Waals surface area contributed by atoms with Gasteiger partial charge in [-0.1, -0.05) is 38.1 Å². The Kier molecular flexibility index (Phi) is 3.76. The zero-order chi connectivity index (χ0) is 14.8. The second-order valence-electron chi connectivity index (χ2n) is 5.36. The van der Waals surface area contributed by atoms with E-state index in [-0.39, 0.29) is 5.75 Å². The minimum absolute atomic E-state index is 0.278. The number of rotatable bonds is 3. The first kappa shape index (κ1) is 13.8. The molecule has 0 radical (unpaired) electrons. The van der Waals surface area contributed by atoms with Crippen molar-refractivity contribution < 1.29 is 5.11 Å². The molecule has 0 fully saturated rings. The summed E-state index contributed by atoms with van der Waals surface area (Å²) >= 11 is 1.62. The zero-order valence-corrected chi connectivity index (χ0v) is 12.9. The van der Waals surface area contributed by atoms with Crippen molar-refractivity contribution in [2.75, 3.05) is 0 Å². The molecule has 3 aromatic rings. The maximum atomic E-state index is 9.34. The van der Waals surface area contributed by atoms with Crippen LogP contribution in [-0.4, -0.2) is 10.1 Å². The molecule has 0 unspecified atom stereocenters. The molecule has 3 heteroatoms. The first-order valence-electron chi connectivity index (χ1n) is 6.99. The lowest BCUT2D eigenvalue weighted by Gasteiger charge is -2.05. The summed E-state index contributed by atoms with van der Waals surface area (Å²) in [5.74, 6) is 0.821. The number of benzene rings is 2. The molecule has 0 spiro atoms. The molecular weight excluding hydrogens is 278 g/mol. The van der Waals surface area contributed by atoms with E-state index in [0.717, 1.165) is 21.8 Å².